The molecule has 8 heteroatoms. The number of ether oxygens (including phenoxy) is 1. The molecule has 0 aliphatic heterocycles. The molecule has 0 heterocycles. The van der Waals surface area contributed by atoms with Gasteiger partial charge in [-0.1, -0.05) is 33.3 Å². The van der Waals surface area contributed by atoms with Gasteiger partial charge in [0.05, 0.1) is 0 Å². The molecule has 0 spiro atoms. The van der Waals surface area contributed by atoms with Gasteiger partial charge >= 0.3 is 6.09 Å². The Kier molecular flexibility index (Phi) is 10.8. The Morgan fingerprint density at radius 1 is 1.03 bits per heavy atom. The molecule has 0 saturated carbocycles. The van der Waals surface area contributed by atoms with Crippen molar-refractivity contribution in [2.45, 2.75) is 118 Å². The predicted octanol–water partition coefficient (Wildman–Crippen LogP) is 5.22. The summed E-state index contributed by atoms with van der Waals surface area (Å²) < 4.78 is 5.41. The monoisotopic (exact) mass is 505 g/mol. The highest BCUT2D eigenvalue weighted by Gasteiger charge is 2.43. The molecule has 0 aliphatic carbocycles. The van der Waals surface area contributed by atoms with Gasteiger partial charge in [0.25, 0.3) is 0 Å². The molecule has 0 aromatic heterocycles. The van der Waals surface area contributed by atoms with Gasteiger partial charge in [-0.2, -0.15) is 0 Å². The van der Waals surface area contributed by atoms with Gasteiger partial charge in [-0.25, -0.2) is 4.79 Å². The number of alkyl carbamates (subject to hydrolysis) is 1. The summed E-state index contributed by atoms with van der Waals surface area (Å²) in [5, 5.41) is 15.9. The summed E-state index contributed by atoms with van der Waals surface area (Å²) in [6.07, 6.45) is 1.01. The first-order valence-electron chi connectivity index (χ1n) is 12.8. The minimum atomic E-state index is -0.974. The van der Waals surface area contributed by atoms with Crippen molar-refractivity contribution < 1.29 is 24.2 Å². The van der Waals surface area contributed by atoms with E-state index in [-0.39, 0.29) is 23.6 Å². The summed E-state index contributed by atoms with van der Waals surface area (Å²) >= 11 is 0. The van der Waals surface area contributed by atoms with E-state index >= 15 is 0 Å². The summed E-state index contributed by atoms with van der Waals surface area (Å²) in [6, 6.07) is 2.94. The zero-order chi connectivity index (χ0) is 28.0. The Morgan fingerprint density at radius 3 is 2.06 bits per heavy atom. The molecule has 3 unspecified atom stereocenters. The van der Waals surface area contributed by atoms with Crippen LogP contribution in [0.5, 0.6) is 5.75 Å². The number of nitrogens with one attached hydrogen (secondary N) is 2. The maximum atomic E-state index is 14.1. The second kappa shape index (κ2) is 12.5. The Hall–Kier alpha value is -2.77. The molecular weight excluding hydrogens is 458 g/mol. The quantitative estimate of drug-likeness (QED) is 0.426. The van der Waals surface area contributed by atoms with Gasteiger partial charge in [0.15, 0.2) is 0 Å². The number of carbonyl (C=O) groups excluding carboxylic acids is 3. The van der Waals surface area contributed by atoms with Crippen LogP contribution in [-0.4, -0.2) is 51.1 Å². The first kappa shape index (κ1) is 31.3. The molecule has 0 saturated heterocycles. The van der Waals surface area contributed by atoms with Gasteiger partial charge in [0.2, 0.25) is 11.8 Å². The number of rotatable bonds is 9. The van der Waals surface area contributed by atoms with Crippen LogP contribution < -0.4 is 10.6 Å². The van der Waals surface area contributed by atoms with Crippen LogP contribution in [-0.2, 0) is 14.3 Å². The highest BCUT2D eigenvalue weighted by atomic mass is 16.6. The molecule has 1 rings (SSSR count). The molecule has 0 aliphatic rings. The molecule has 1 aromatic rings. The second-order valence-electron chi connectivity index (χ2n) is 11.9. The van der Waals surface area contributed by atoms with Crippen LogP contribution in [0.2, 0.25) is 0 Å². The number of phenols is 1. The van der Waals surface area contributed by atoms with Crippen LogP contribution in [0.1, 0.15) is 99.2 Å². The Balaban J connectivity index is 3.60. The molecular formula is C28H47N3O5. The first-order chi connectivity index (χ1) is 16.4. The summed E-state index contributed by atoms with van der Waals surface area (Å²) in [5.74, 6) is -0.863. The summed E-state index contributed by atoms with van der Waals surface area (Å²) in [7, 11) is 0. The Bertz CT molecular complexity index is 915. The number of aryl methyl sites for hydroxylation is 1. The number of aromatic hydroxyl groups is 1. The average Bonchev–Trinajstić information content (AvgIpc) is 2.69. The molecule has 0 radical (unpaired) electrons. The van der Waals surface area contributed by atoms with Gasteiger partial charge in [-0.15, -0.1) is 0 Å². The fourth-order valence-corrected chi connectivity index (χ4v) is 4.04. The number of hydrogen-bond donors (Lipinski definition) is 3. The van der Waals surface area contributed by atoms with Crippen LogP contribution in [0.3, 0.4) is 0 Å². The minimum absolute atomic E-state index is 0.0825. The van der Waals surface area contributed by atoms with Crippen molar-refractivity contribution >= 4 is 17.9 Å². The molecule has 3 N–H and O–H groups in total. The van der Waals surface area contributed by atoms with Crippen LogP contribution in [0, 0.1) is 12.8 Å². The van der Waals surface area contributed by atoms with E-state index < -0.39 is 35.2 Å². The van der Waals surface area contributed by atoms with Crippen molar-refractivity contribution in [3.63, 3.8) is 0 Å². The van der Waals surface area contributed by atoms with Crippen LogP contribution in [0.15, 0.2) is 18.2 Å². The highest BCUT2D eigenvalue weighted by Crippen LogP contribution is 2.33. The lowest BCUT2D eigenvalue weighted by Crippen LogP contribution is -2.60. The number of benzene rings is 1. The van der Waals surface area contributed by atoms with E-state index in [1.165, 1.54) is 11.0 Å². The average molecular weight is 506 g/mol. The van der Waals surface area contributed by atoms with Gasteiger partial charge in [0, 0.05) is 11.6 Å². The molecule has 0 fully saturated rings. The SMILES string of the molecule is CCCC(C)NC(=O)C(c1ccc(O)c(C)c1)N(C(=O)C(NC(=O)OC(C)(C)C)C(C)C)C(C)(C)C. The van der Waals surface area contributed by atoms with Crippen molar-refractivity contribution in [3.05, 3.63) is 29.3 Å². The zero-order valence-corrected chi connectivity index (χ0v) is 24.0. The fourth-order valence-electron chi connectivity index (χ4n) is 4.04. The lowest BCUT2D eigenvalue weighted by molar-refractivity contribution is -0.149. The summed E-state index contributed by atoms with van der Waals surface area (Å²) in [4.78, 5) is 42.0. The molecule has 8 nitrogen and oxygen atoms in total. The third-order valence-electron chi connectivity index (χ3n) is 5.72. The first-order valence-corrected chi connectivity index (χ1v) is 12.8. The maximum Gasteiger partial charge on any atom is 0.408 e. The highest BCUT2D eigenvalue weighted by molar-refractivity contribution is 5.93. The van der Waals surface area contributed by atoms with Crippen LogP contribution in [0.4, 0.5) is 4.79 Å². The normalized spacial score (nSPS) is 14.6. The molecule has 36 heavy (non-hydrogen) atoms. The zero-order valence-electron chi connectivity index (χ0n) is 24.0. The van der Waals surface area contributed by atoms with Crippen molar-refractivity contribution in [1.82, 2.24) is 15.5 Å². The number of nitrogens with zero attached hydrogens (tertiary/aromatic N) is 1. The van der Waals surface area contributed by atoms with E-state index in [0.717, 1.165) is 12.8 Å². The smallest absolute Gasteiger partial charge is 0.408 e. The van der Waals surface area contributed by atoms with E-state index in [9.17, 15) is 19.5 Å². The Labute approximate surface area is 217 Å². The molecule has 3 atom stereocenters. The number of carbonyl (C=O) groups is 3. The van der Waals surface area contributed by atoms with Crippen LogP contribution >= 0.6 is 0 Å². The number of hydrogen-bond acceptors (Lipinski definition) is 5. The number of phenolic OH excluding ortho intramolecular Hbond substituents is 1. The van der Waals surface area contributed by atoms with Crippen molar-refractivity contribution in [2.75, 3.05) is 0 Å². The topological polar surface area (TPSA) is 108 Å². The molecule has 0 bridgehead atoms. The van der Waals surface area contributed by atoms with Crippen molar-refractivity contribution in [3.8, 4) is 5.75 Å². The summed E-state index contributed by atoms with van der Waals surface area (Å²) in [6.45, 7) is 20.2. The fraction of sp³-hybridized carbons (Fsp3) is 0.679. The standard InChI is InChI=1S/C28H47N3O5/c1-12-13-19(5)29-24(33)23(20-14-15-21(32)18(4)16-20)31(27(6,7)8)25(34)22(17(2)3)30-26(35)36-28(9,10)11/h14-17,19,22-23,32H,12-13H2,1-11H3,(H,29,33)(H,30,35). The van der Waals surface area contributed by atoms with Gasteiger partial charge in [-0.3, -0.25) is 9.59 Å². The van der Waals surface area contributed by atoms with E-state index in [1.54, 1.807) is 39.8 Å². The maximum absolute atomic E-state index is 14.1. The molecule has 3 amide bonds. The van der Waals surface area contributed by atoms with E-state index in [4.69, 9.17) is 4.74 Å². The van der Waals surface area contributed by atoms with Crippen molar-refractivity contribution in [2.24, 2.45) is 5.92 Å². The lowest BCUT2D eigenvalue weighted by atomic mass is 9.92. The summed E-state index contributed by atoms with van der Waals surface area (Å²) in [5.41, 5.74) is -0.323. The minimum Gasteiger partial charge on any atom is -0.508 e. The van der Waals surface area contributed by atoms with Gasteiger partial charge in [-0.05, 0) is 91.0 Å². The van der Waals surface area contributed by atoms with Gasteiger partial charge in [0.1, 0.15) is 23.4 Å². The van der Waals surface area contributed by atoms with Crippen LogP contribution in [0.25, 0.3) is 0 Å². The molecule has 1 aromatic carbocycles. The van der Waals surface area contributed by atoms with Gasteiger partial charge < -0.3 is 25.4 Å². The largest absolute Gasteiger partial charge is 0.508 e. The van der Waals surface area contributed by atoms with Crippen molar-refractivity contribution in [1.29, 1.82) is 0 Å². The lowest BCUT2D eigenvalue weighted by Gasteiger charge is -2.44. The second-order valence-corrected chi connectivity index (χ2v) is 11.9. The van der Waals surface area contributed by atoms with E-state index in [1.807, 2.05) is 48.5 Å². The Morgan fingerprint density at radius 2 is 1.61 bits per heavy atom. The third kappa shape index (κ3) is 9.03. The predicted molar refractivity (Wildman–Crippen MR) is 143 cm³/mol. The third-order valence-corrected chi connectivity index (χ3v) is 5.72. The van der Waals surface area contributed by atoms with E-state index in [2.05, 4.69) is 10.6 Å². The van der Waals surface area contributed by atoms with E-state index in [0.29, 0.717) is 11.1 Å². The molecule has 204 valence electrons. The number of amides is 3.